The van der Waals surface area contributed by atoms with Crippen LogP contribution in [0.5, 0.6) is 5.75 Å². The highest BCUT2D eigenvalue weighted by molar-refractivity contribution is 6.31. The minimum Gasteiger partial charge on any atom is -0.494 e. The molecule has 3 aromatic carbocycles. The fourth-order valence-corrected chi connectivity index (χ4v) is 3.94. The Bertz CT molecular complexity index is 1070. The Morgan fingerprint density at radius 2 is 1.62 bits per heavy atom. The van der Waals surface area contributed by atoms with Crippen molar-refractivity contribution in [2.45, 2.75) is 31.8 Å². The van der Waals surface area contributed by atoms with Crippen molar-refractivity contribution in [3.05, 3.63) is 100 Å². The monoisotopic (exact) mass is 498 g/mol. The molecule has 1 unspecified atom stereocenters. The summed E-state index contributed by atoms with van der Waals surface area (Å²) in [6, 6.07) is 23.4. The van der Waals surface area contributed by atoms with Crippen LogP contribution in [0.25, 0.3) is 0 Å². The number of carbonyl (C=O) groups is 2. The molecule has 0 spiro atoms. The van der Waals surface area contributed by atoms with Crippen LogP contribution in [0.4, 0.5) is 0 Å². The van der Waals surface area contributed by atoms with Gasteiger partial charge in [-0.15, -0.1) is 0 Å². The lowest BCUT2D eigenvalue weighted by Crippen LogP contribution is -2.49. The summed E-state index contributed by atoms with van der Waals surface area (Å²) in [5.41, 5.74) is 1.76. The largest absolute Gasteiger partial charge is 0.494 e. The second-order valence-corrected chi connectivity index (χ2v) is 8.68. The Balaban J connectivity index is 1.75. The van der Waals surface area contributed by atoms with Gasteiger partial charge in [0.2, 0.25) is 11.8 Å². The molecule has 0 fully saturated rings. The van der Waals surface area contributed by atoms with Crippen LogP contribution in [0, 0.1) is 0 Å². The number of hydrogen-bond acceptors (Lipinski definition) is 3. The lowest BCUT2D eigenvalue weighted by Gasteiger charge is -2.31. The quantitative estimate of drug-likeness (QED) is 0.353. The first kappa shape index (κ1) is 25.6. The molecule has 0 saturated carbocycles. The third-order valence-corrected chi connectivity index (χ3v) is 6.05. The molecule has 0 radical (unpaired) electrons. The molecule has 5 nitrogen and oxygen atoms in total. The smallest absolute Gasteiger partial charge is 0.242 e. The standard InChI is InChI=1S/C27H28Cl2N2O3/c1-30-27(33)25(18-20-8-3-2-4-9-20)31(19-21-10-5-6-11-24(21)29)26(32)12-7-17-34-23-15-13-22(28)14-16-23/h2-6,8-11,13-16,25H,7,12,17-19H2,1H3,(H,30,33). The van der Waals surface area contributed by atoms with Crippen molar-refractivity contribution in [3.8, 4) is 5.75 Å². The van der Waals surface area contributed by atoms with Crippen LogP contribution in [0.3, 0.4) is 0 Å². The van der Waals surface area contributed by atoms with E-state index in [9.17, 15) is 9.59 Å². The third kappa shape index (κ3) is 7.51. The van der Waals surface area contributed by atoms with E-state index in [1.165, 1.54) is 0 Å². The number of ether oxygens (including phenoxy) is 1. The van der Waals surface area contributed by atoms with Crippen molar-refractivity contribution in [1.82, 2.24) is 10.2 Å². The first-order valence-electron chi connectivity index (χ1n) is 11.1. The number of carbonyl (C=O) groups excluding carboxylic acids is 2. The minimum atomic E-state index is -0.673. The van der Waals surface area contributed by atoms with Gasteiger partial charge in [0.05, 0.1) is 6.61 Å². The van der Waals surface area contributed by atoms with Gasteiger partial charge in [-0.3, -0.25) is 9.59 Å². The molecule has 1 atom stereocenters. The summed E-state index contributed by atoms with van der Waals surface area (Å²) < 4.78 is 5.72. The average molecular weight is 499 g/mol. The summed E-state index contributed by atoms with van der Waals surface area (Å²) in [7, 11) is 1.58. The van der Waals surface area contributed by atoms with E-state index >= 15 is 0 Å². The van der Waals surface area contributed by atoms with E-state index in [2.05, 4.69) is 5.32 Å². The van der Waals surface area contributed by atoms with Gasteiger partial charge in [0, 0.05) is 36.5 Å². The van der Waals surface area contributed by atoms with Gasteiger partial charge in [-0.25, -0.2) is 0 Å². The third-order valence-electron chi connectivity index (χ3n) is 5.43. The van der Waals surface area contributed by atoms with Crippen LogP contribution in [-0.4, -0.2) is 36.4 Å². The molecule has 0 aliphatic heterocycles. The normalized spacial score (nSPS) is 11.5. The summed E-state index contributed by atoms with van der Waals surface area (Å²) in [6.45, 7) is 0.609. The maximum absolute atomic E-state index is 13.4. The SMILES string of the molecule is CNC(=O)C(Cc1ccccc1)N(Cc1ccccc1Cl)C(=O)CCCOc1ccc(Cl)cc1. The molecule has 0 saturated heterocycles. The number of nitrogens with one attached hydrogen (secondary N) is 1. The van der Waals surface area contributed by atoms with Crippen LogP contribution in [0.1, 0.15) is 24.0 Å². The van der Waals surface area contributed by atoms with Gasteiger partial charge in [-0.2, -0.15) is 0 Å². The number of likely N-dealkylation sites (N-methyl/N-ethyl adjacent to an activating group) is 1. The number of amides is 2. The number of nitrogens with zero attached hydrogens (tertiary/aromatic N) is 1. The molecule has 0 heterocycles. The Morgan fingerprint density at radius 3 is 2.29 bits per heavy atom. The molecular formula is C27H28Cl2N2O3. The molecule has 0 aliphatic carbocycles. The summed E-state index contributed by atoms with van der Waals surface area (Å²) in [5, 5.41) is 3.91. The molecule has 0 bridgehead atoms. The Hall–Kier alpha value is -3.02. The van der Waals surface area contributed by atoms with Gasteiger partial charge in [-0.05, 0) is 47.9 Å². The average Bonchev–Trinajstić information content (AvgIpc) is 2.86. The van der Waals surface area contributed by atoms with Gasteiger partial charge in [0.15, 0.2) is 0 Å². The number of rotatable bonds is 11. The second kappa shape index (κ2) is 13.0. The minimum absolute atomic E-state index is 0.135. The fraction of sp³-hybridized carbons (Fsp3) is 0.259. The van der Waals surface area contributed by atoms with Gasteiger partial charge in [-0.1, -0.05) is 71.7 Å². The molecule has 178 valence electrons. The van der Waals surface area contributed by atoms with E-state index in [0.29, 0.717) is 35.2 Å². The van der Waals surface area contributed by atoms with Crippen molar-refractivity contribution < 1.29 is 14.3 Å². The molecule has 3 rings (SSSR count). The maximum Gasteiger partial charge on any atom is 0.242 e. The van der Waals surface area contributed by atoms with Crippen LogP contribution in [0.2, 0.25) is 10.0 Å². The van der Waals surface area contributed by atoms with E-state index in [1.807, 2.05) is 48.5 Å². The molecular weight excluding hydrogens is 471 g/mol. The van der Waals surface area contributed by atoms with E-state index in [-0.39, 0.29) is 24.8 Å². The molecule has 7 heteroatoms. The summed E-state index contributed by atoms with van der Waals surface area (Å²) in [4.78, 5) is 27.9. The number of hydrogen-bond donors (Lipinski definition) is 1. The van der Waals surface area contributed by atoms with Gasteiger partial charge in [0.1, 0.15) is 11.8 Å². The maximum atomic E-state index is 13.4. The highest BCUT2D eigenvalue weighted by Gasteiger charge is 2.29. The first-order chi connectivity index (χ1) is 16.5. The summed E-state index contributed by atoms with van der Waals surface area (Å²) in [6.07, 6.45) is 1.14. The molecule has 0 aliphatic rings. The van der Waals surface area contributed by atoms with E-state index < -0.39 is 6.04 Å². The Morgan fingerprint density at radius 1 is 0.941 bits per heavy atom. The lowest BCUT2D eigenvalue weighted by molar-refractivity contribution is -0.141. The zero-order chi connectivity index (χ0) is 24.3. The van der Waals surface area contributed by atoms with Crippen molar-refractivity contribution in [2.24, 2.45) is 0 Å². The van der Waals surface area contributed by atoms with E-state index in [0.717, 1.165) is 11.1 Å². The van der Waals surface area contributed by atoms with Gasteiger partial charge < -0.3 is 15.0 Å². The highest BCUT2D eigenvalue weighted by atomic mass is 35.5. The molecule has 1 N–H and O–H groups in total. The number of benzene rings is 3. The zero-order valence-electron chi connectivity index (χ0n) is 19.0. The van der Waals surface area contributed by atoms with Crippen LogP contribution in [0.15, 0.2) is 78.9 Å². The van der Waals surface area contributed by atoms with Crippen molar-refractivity contribution in [2.75, 3.05) is 13.7 Å². The van der Waals surface area contributed by atoms with Gasteiger partial charge in [0.25, 0.3) is 0 Å². The van der Waals surface area contributed by atoms with Crippen molar-refractivity contribution in [3.63, 3.8) is 0 Å². The first-order valence-corrected chi connectivity index (χ1v) is 11.9. The van der Waals surface area contributed by atoms with Gasteiger partial charge >= 0.3 is 0 Å². The Kier molecular flexibility index (Phi) is 9.80. The van der Waals surface area contributed by atoms with Crippen LogP contribution < -0.4 is 10.1 Å². The van der Waals surface area contributed by atoms with Crippen molar-refractivity contribution >= 4 is 35.0 Å². The fourth-order valence-electron chi connectivity index (χ4n) is 3.62. The van der Waals surface area contributed by atoms with Crippen molar-refractivity contribution in [1.29, 1.82) is 0 Å². The molecule has 2 amide bonds. The predicted octanol–water partition coefficient (Wildman–Crippen LogP) is 5.54. The lowest BCUT2D eigenvalue weighted by atomic mass is 10.0. The zero-order valence-corrected chi connectivity index (χ0v) is 20.6. The Labute approximate surface area is 210 Å². The van der Waals surface area contributed by atoms with E-state index in [4.69, 9.17) is 27.9 Å². The molecule has 3 aromatic rings. The topological polar surface area (TPSA) is 58.6 Å². The predicted molar refractivity (Wildman–Crippen MR) is 136 cm³/mol. The van der Waals surface area contributed by atoms with Crippen LogP contribution >= 0.6 is 23.2 Å². The summed E-state index contributed by atoms with van der Waals surface area (Å²) in [5.74, 6) is 0.336. The summed E-state index contributed by atoms with van der Waals surface area (Å²) >= 11 is 12.3. The number of halogens is 2. The molecule has 34 heavy (non-hydrogen) atoms. The molecule has 0 aromatic heterocycles. The van der Waals surface area contributed by atoms with E-state index in [1.54, 1.807) is 42.3 Å². The highest BCUT2D eigenvalue weighted by Crippen LogP contribution is 2.21. The second-order valence-electron chi connectivity index (χ2n) is 7.84. The van der Waals surface area contributed by atoms with Crippen LogP contribution in [-0.2, 0) is 22.6 Å².